The fourth-order valence-electron chi connectivity index (χ4n) is 2.58. The molecule has 3 unspecified atom stereocenters. The van der Waals surface area contributed by atoms with Gasteiger partial charge >= 0.3 is 5.97 Å². The van der Waals surface area contributed by atoms with Crippen LogP contribution in [0.5, 0.6) is 0 Å². The van der Waals surface area contributed by atoms with Crippen molar-refractivity contribution in [3.8, 4) is 0 Å². The van der Waals surface area contributed by atoms with E-state index in [2.05, 4.69) is 4.74 Å². The lowest BCUT2D eigenvalue weighted by Gasteiger charge is -2.12. The zero-order valence-electron chi connectivity index (χ0n) is 10.5. The number of esters is 1. The standard InChI is InChI=1S/C14H14O4S/c1-17-13(16)14-11(18-14)7-9(12(14)15)8-19-10-5-3-2-4-6-10/h2-6,9,11H,7-8H2,1H3. The van der Waals surface area contributed by atoms with Crippen molar-refractivity contribution < 1.29 is 19.1 Å². The Labute approximate surface area is 115 Å². The number of rotatable bonds is 4. The van der Waals surface area contributed by atoms with Crippen LogP contribution in [-0.4, -0.2) is 36.3 Å². The third kappa shape index (κ3) is 1.97. The first-order chi connectivity index (χ1) is 9.18. The van der Waals surface area contributed by atoms with Crippen molar-refractivity contribution in [3.63, 3.8) is 0 Å². The first-order valence-electron chi connectivity index (χ1n) is 6.17. The molecule has 3 rings (SSSR count). The number of ketones is 1. The topological polar surface area (TPSA) is 55.9 Å². The maximum atomic E-state index is 12.3. The van der Waals surface area contributed by atoms with E-state index in [4.69, 9.17) is 4.74 Å². The number of carbonyl (C=O) groups is 2. The van der Waals surface area contributed by atoms with E-state index in [1.165, 1.54) is 7.11 Å². The molecule has 0 bridgehead atoms. The van der Waals surface area contributed by atoms with Gasteiger partial charge in [0.2, 0.25) is 0 Å². The van der Waals surface area contributed by atoms with Gasteiger partial charge in [-0.1, -0.05) is 18.2 Å². The second-order valence-electron chi connectivity index (χ2n) is 4.75. The van der Waals surface area contributed by atoms with Crippen molar-refractivity contribution in [1.82, 2.24) is 0 Å². The van der Waals surface area contributed by atoms with Gasteiger partial charge in [-0.05, 0) is 18.6 Å². The number of fused-ring (bicyclic) bond motifs is 1. The van der Waals surface area contributed by atoms with Crippen molar-refractivity contribution in [2.24, 2.45) is 5.92 Å². The van der Waals surface area contributed by atoms with E-state index >= 15 is 0 Å². The molecule has 2 aliphatic rings. The average molecular weight is 278 g/mol. The third-order valence-corrected chi connectivity index (χ3v) is 4.82. The van der Waals surface area contributed by atoms with Gasteiger partial charge in [-0.3, -0.25) is 4.79 Å². The zero-order chi connectivity index (χ0) is 13.5. The fraction of sp³-hybridized carbons (Fsp3) is 0.429. The average Bonchev–Trinajstić information content (AvgIpc) is 3.11. The molecule has 0 radical (unpaired) electrons. The largest absolute Gasteiger partial charge is 0.466 e. The van der Waals surface area contributed by atoms with E-state index in [0.29, 0.717) is 12.2 Å². The summed E-state index contributed by atoms with van der Waals surface area (Å²) in [6.07, 6.45) is 0.349. The zero-order valence-corrected chi connectivity index (χ0v) is 11.3. The Morgan fingerprint density at radius 2 is 2.21 bits per heavy atom. The molecule has 0 N–H and O–H groups in total. The Morgan fingerprint density at radius 3 is 2.89 bits per heavy atom. The Balaban J connectivity index is 1.63. The molecular formula is C14H14O4S. The Kier molecular flexibility index (Phi) is 3.11. The minimum atomic E-state index is -1.27. The van der Waals surface area contributed by atoms with Gasteiger partial charge in [0.15, 0.2) is 5.78 Å². The summed E-state index contributed by atoms with van der Waals surface area (Å²) in [7, 11) is 1.29. The number of carbonyl (C=O) groups excluding carboxylic acids is 2. The number of benzene rings is 1. The molecule has 2 fully saturated rings. The van der Waals surface area contributed by atoms with Gasteiger partial charge in [-0.2, -0.15) is 0 Å². The van der Waals surface area contributed by atoms with Gasteiger partial charge in [0, 0.05) is 16.6 Å². The van der Waals surface area contributed by atoms with Crippen molar-refractivity contribution in [2.45, 2.75) is 23.0 Å². The highest BCUT2D eigenvalue weighted by molar-refractivity contribution is 7.99. The molecule has 19 heavy (non-hydrogen) atoms. The summed E-state index contributed by atoms with van der Waals surface area (Å²) < 4.78 is 9.92. The molecule has 0 amide bonds. The second kappa shape index (κ2) is 4.65. The number of thioether (sulfide) groups is 1. The van der Waals surface area contributed by atoms with E-state index in [0.717, 1.165) is 4.90 Å². The van der Waals surface area contributed by atoms with Crippen LogP contribution in [0.3, 0.4) is 0 Å². The molecule has 1 aliphatic heterocycles. The van der Waals surface area contributed by atoms with Crippen molar-refractivity contribution in [2.75, 3.05) is 12.9 Å². The second-order valence-corrected chi connectivity index (χ2v) is 5.85. The van der Waals surface area contributed by atoms with Crippen LogP contribution in [0.15, 0.2) is 35.2 Å². The highest BCUT2D eigenvalue weighted by atomic mass is 32.2. The molecule has 1 aromatic rings. The third-order valence-electron chi connectivity index (χ3n) is 3.64. The smallest absolute Gasteiger partial charge is 0.348 e. The monoisotopic (exact) mass is 278 g/mol. The molecule has 0 spiro atoms. The summed E-state index contributed by atoms with van der Waals surface area (Å²) >= 11 is 1.63. The quantitative estimate of drug-likeness (QED) is 0.363. The molecule has 1 saturated carbocycles. The number of Topliss-reactive ketones (excluding diaryl/α,β-unsaturated/α-hetero) is 1. The van der Waals surface area contributed by atoms with Crippen LogP contribution in [0.25, 0.3) is 0 Å². The van der Waals surface area contributed by atoms with Crippen LogP contribution >= 0.6 is 11.8 Å². The molecule has 1 aromatic carbocycles. The molecule has 1 saturated heterocycles. The van der Waals surface area contributed by atoms with Crippen LogP contribution in [0.4, 0.5) is 0 Å². The number of hydrogen-bond donors (Lipinski definition) is 0. The maximum absolute atomic E-state index is 12.3. The summed E-state index contributed by atoms with van der Waals surface area (Å²) in [6, 6.07) is 9.92. The lowest BCUT2D eigenvalue weighted by atomic mass is 10.0. The van der Waals surface area contributed by atoms with Gasteiger partial charge in [0.1, 0.15) is 6.10 Å². The normalized spacial score (nSPS) is 31.9. The van der Waals surface area contributed by atoms with E-state index in [1.54, 1.807) is 11.8 Å². The number of methoxy groups -OCH3 is 1. The van der Waals surface area contributed by atoms with E-state index in [-0.39, 0.29) is 17.8 Å². The predicted molar refractivity (Wildman–Crippen MR) is 69.9 cm³/mol. The van der Waals surface area contributed by atoms with Gasteiger partial charge in [0.25, 0.3) is 5.60 Å². The summed E-state index contributed by atoms with van der Waals surface area (Å²) in [5, 5.41) is 0. The first-order valence-corrected chi connectivity index (χ1v) is 7.15. The number of hydrogen-bond acceptors (Lipinski definition) is 5. The van der Waals surface area contributed by atoms with Gasteiger partial charge in [0.05, 0.1) is 7.11 Å². The van der Waals surface area contributed by atoms with Crippen LogP contribution in [0, 0.1) is 5.92 Å². The molecule has 3 atom stereocenters. The van der Waals surface area contributed by atoms with E-state index in [1.807, 2.05) is 30.3 Å². The Bertz CT molecular complexity index is 515. The Hall–Kier alpha value is -1.33. The molecular weight excluding hydrogens is 264 g/mol. The minimum absolute atomic E-state index is 0.118. The molecule has 4 nitrogen and oxygen atoms in total. The summed E-state index contributed by atoms with van der Waals surface area (Å²) in [4.78, 5) is 25.0. The lowest BCUT2D eigenvalue weighted by molar-refractivity contribution is -0.151. The SMILES string of the molecule is COC(=O)C12OC1CC(CSc1ccccc1)C2=O. The van der Waals surface area contributed by atoms with Crippen LogP contribution in [0.2, 0.25) is 0 Å². The molecule has 5 heteroatoms. The van der Waals surface area contributed by atoms with Crippen LogP contribution in [-0.2, 0) is 19.1 Å². The van der Waals surface area contributed by atoms with Crippen LogP contribution < -0.4 is 0 Å². The van der Waals surface area contributed by atoms with Crippen molar-refractivity contribution in [1.29, 1.82) is 0 Å². The highest BCUT2D eigenvalue weighted by Gasteiger charge is 2.74. The predicted octanol–water partition coefficient (Wildman–Crippen LogP) is 1.68. The van der Waals surface area contributed by atoms with Crippen LogP contribution in [0.1, 0.15) is 6.42 Å². The lowest BCUT2D eigenvalue weighted by Crippen LogP contribution is -2.36. The summed E-state index contributed by atoms with van der Waals surface area (Å²) in [5.41, 5.74) is -1.27. The maximum Gasteiger partial charge on any atom is 0.348 e. The number of epoxide rings is 1. The molecule has 0 aromatic heterocycles. The number of ether oxygens (including phenoxy) is 2. The molecule has 100 valence electrons. The highest BCUT2D eigenvalue weighted by Crippen LogP contribution is 2.51. The van der Waals surface area contributed by atoms with Gasteiger partial charge in [-0.15, -0.1) is 11.8 Å². The Morgan fingerprint density at radius 1 is 1.47 bits per heavy atom. The van der Waals surface area contributed by atoms with Crippen molar-refractivity contribution >= 4 is 23.5 Å². The fourth-order valence-corrected chi connectivity index (χ4v) is 3.61. The van der Waals surface area contributed by atoms with E-state index in [9.17, 15) is 9.59 Å². The summed E-state index contributed by atoms with van der Waals surface area (Å²) in [5.74, 6) is -0.105. The molecule has 1 heterocycles. The first kappa shape index (κ1) is 12.7. The summed E-state index contributed by atoms with van der Waals surface area (Å²) in [6.45, 7) is 0. The van der Waals surface area contributed by atoms with Gasteiger partial charge < -0.3 is 9.47 Å². The minimum Gasteiger partial charge on any atom is -0.466 e. The van der Waals surface area contributed by atoms with E-state index < -0.39 is 11.6 Å². The van der Waals surface area contributed by atoms with Crippen molar-refractivity contribution in [3.05, 3.63) is 30.3 Å². The molecule has 1 aliphatic carbocycles. The van der Waals surface area contributed by atoms with Gasteiger partial charge in [-0.25, -0.2) is 4.79 Å².